The van der Waals surface area contributed by atoms with Crippen LogP contribution < -0.4 is 16.0 Å². The Hall–Kier alpha value is -2.83. The molecule has 25 heavy (non-hydrogen) atoms. The van der Waals surface area contributed by atoms with Crippen molar-refractivity contribution in [2.45, 2.75) is 19.4 Å². The zero-order valence-electron chi connectivity index (χ0n) is 14.6. The predicted molar refractivity (Wildman–Crippen MR) is 99.4 cm³/mol. The lowest BCUT2D eigenvalue weighted by atomic mass is 10.1. The summed E-state index contributed by atoms with van der Waals surface area (Å²) in [7, 11) is 1.69. The van der Waals surface area contributed by atoms with Gasteiger partial charge in [-0.05, 0) is 24.5 Å². The number of aliphatic imine (C=N–C) groups is 1. The third-order valence-electron chi connectivity index (χ3n) is 3.63. The van der Waals surface area contributed by atoms with Gasteiger partial charge >= 0.3 is 0 Å². The van der Waals surface area contributed by atoms with Gasteiger partial charge in [-0.1, -0.05) is 30.3 Å². The highest BCUT2D eigenvalue weighted by atomic mass is 16.1. The van der Waals surface area contributed by atoms with E-state index in [0.29, 0.717) is 12.5 Å². The molecule has 2 aromatic rings. The summed E-state index contributed by atoms with van der Waals surface area (Å²) in [5.41, 5.74) is 1.21. The Morgan fingerprint density at radius 2 is 1.96 bits per heavy atom. The largest absolute Gasteiger partial charge is 0.356 e. The van der Waals surface area contributed by atoms with E-state index < -0.39 is 0 Å². The van der Waals surface area contributed by atoms with Crippen LogP contribution in [0.5, 0.6) is 0 Å². The maximum Gasteiger partial charge on any atom is 0.239 e. The predicted octanol–water partition coefficient (Wildman–Crippen LogP) is 0.797. The van der Waals surface area contributed by atoms with Crippen molar-refractivity contribution in [1.29, 1.82) is 0 Å². The zero-order valence-corrected chi connectivity index (χ0v) is 14.6. The van der Waals surface area contributed by atoms with E-state index >= 15 is 0 Å². The Morgan fingerprint density at radius 1 is 1.12 bits per heavy atom. The molecule has 0 fully saturated rings. The van der Waals surface area contributed by atoms with E-state index in [1.165, 1.54) is 5.56 Å². The summed E-state index contributed by atoms with van der Waals surface area (Å²) in [5.74, 6) is 0.578. The summed E-state index contributed by atoms with van der Waals surface area (Å²) in [5, 5.41) is 13.3. The summed E-state index contributed by atoms with van der Waals surface area (Å²) in [4.78, 5) is 16.0. The molecule has 0 unspecified atom stereocenters. The van der Waals surface area contributed by atoms with Crippen LogP contribution in [0, 0.1) is 0 Å². The molecule has 2 rings (SSSR count). The molecule has 1 aromatic heterocycles. The minimum atomic E-state index is -0.0459. The molecule has 0 spiro atoms. The topological polar surface area (TPSA) is 83.3 Å². The van der Waals surface area contributed by atoms with E-state index in [0.717, 1.165) is 25.9 Å². The number of aromatic nitrogens is 2. The van der Waals surface area contributed by atoms with Gasteiger partial charge in [0.05, 0.1) is 6.54 Å². The maximum atomic E-state index is 11.9. The normalized spacial score (nSPS) is 11.2. The van der Waals surface area contributed by atoms with Crippen molar-refractivity contribution in [1.82, 2.24) is 25.7 Å². The first-order valence-corrected chi connectivity index (χ1v) is 8.50. The van der Waals surface area contributed by atoms with E-state index in [9.17, 15) is 4.79 Å². The zero-order chi connectivity index (χ0) is 17.7. The van der Waals surface area contributed by atoms with Crippen molar-refractivity contribution in [3.05, 3.63) is 54.4 Å². The Labute approximate surface area is 148 Å². The summed E-state index contributed by atoms with van der Waals surface area (Å²) in [6.45, 7) is 2.43. The summed E-state index contributed by atoms with van der Waals surface area (Å²) in [6, 6.07) is 12.0. The highest BCUT2D eigenvalue weighted by Crippen LogP contribution is 1.97. The second-order valence-electron chi connectivity index (χ2n) is 5.56. The van der Waals surface area contributed by atoms with Gasteiger partial charge in [-0.15, -0.1) is 0 Å². The molecule has 3 N–H and O–H groups in total. The van der Waals surface area contributed by atoms with E-state index in [-0.39, 0.29) is 12.5 Å². The number of carbonyl (C=O) groups is 1. The van der Waals surface area contributed by atoms with Crippen LogP contribution in [-0.4, -0.2) is 48.3 Å². The van der Waals surface area contributed by atoms with Crippen molar-refractivity contribution < 1.29 is 4.79 Å². The molecule has 0 saturated heterocycles. The van der Waals surface area contributed by atoms with Crippen LogP contribution in [0.15, 0.2) is 53.8 Å². The standard InChI is InChI=1S/C18H26N6O/c1-19-18(21-10-5-13-24-14-6-11-23-24)22-15-17(25)20-12-9-16-7-3-2-4-8-16/h2-4,6-8,11,14H,5,9-10,12-13,15H2,1H3,(H,20,25)(H2,19,21,22). The molecule has 0 saturated carbocycles. The van der Waals surface area contributed by atoms with Gasteiger partial charge in [0.15, 0.2) is 5.96 Å². The van der Waals surface area contributed by atoms with Gasteiger partial charge in [0.1, 0.15) is 0 Å². The number of rotatable bonds is 9. The molecule has 1 amide bonds. The van der Waals surface area contributed by atoms with Crippen molar-refractivity contribution in [3.8, 4) is 0 Å². The summed E-state index contributed by atoms with van der Waals surface area (Å²) in [6.07, 6.45) is 5.45. The highest BCUT2D eigenvalue weighted by Gasteiger charge is 2.03. The highest BCUT2D eigenvalue weighted by molar-refractivity contribution is 5.86. The lowest BCUT2D eigenvalue weighted by Gasteiger charge is -2.12. The fourth-order valence-corrected chi connectivity index (χ4v) is 2.32. The van der Waals surface area contributed by atoms with Crippen LogP contribution in [0.2, 0.25) is 0 Å². The first-order chi connectivity index (χ1) is 12.3. The SMILES string of the molecule is CN=C(NCCCn1cccn1)NCC(=O)NCCc1ccccc1. The first-order valence-electron chi connectivity index (χ1n) is 8.50. The number of carbonyl (C=O) groups excluding carboxylic acids is 1. The fourth-order valence-electron chi connectivity index (χ4n) is 2.32. The van der Waals surface area contributed by atoms with Gasteiger partial charge in [-0.25, -0.2) is 0 Å². The third-order valence-corrected chi connectivity index (χ3v) is 3.63. The van der Waals surface area contributed by atoms with Gasteiger partial charge in [0.25, 0.3) is 0 Å². The molecule has 0 aliphatic rings. The molecule has 0 atom stereocenters. The lowest BCUT2D eigenvalue weighted by Crippen LogP contribution is -2.43. The van der Waals surface area contributed by atoms with Crippen molar-refractivity contribution in [2.24, 2.45) is 4.99 Å². The molecule has 0 aliphatic heterocycles. The molecular formula is C18H26N6O. The molecule has 7 nitrogen and oxygen atoms in total. The van der Waals surface area contributed by atoms with Gasteiger partial charge in [-0.3, -0.25) is 14.5 Å². The van der Waals surface area contributed by atoms with Crippen LogP contribution in [0.1, 0.15) is 12.0 Å². The number of hydrogen-bond acceptors (Lipinski definition) is 3. The van der Waals surface area contributed by atoms with Crippen molar-refractivity contribution in [3.63, 3.8) is 0 Å². The second-order valence-corrected chi connectivity index (χ2v) is 5.56. The van der Waals surface area contributed by atoms with E-state index in [2.05, 4.69) is 38.2 Å². The third kappa shape index (κ3) is 7.52. The lowest BCUT2D eigenvalue weighted by molar-refractivity contribution is -0.119. The smallest absolute Gasteiger partial charge is 0.239 e. The van der Waals surface area contributed by atoms with Gasteiger partial charge in [0, 0.05) is 39.1 Å². The molecule has 0 bridgehead atoms. The Balaban J connectivity index is 1.55. The molecule has 0 aliphatic carbocycles. The first kappa shape index (κ1) is 18.5. The van der Waals surface area contributed by atoms with Gasteiger partial charge < -0.3 is 16.0 Å². The number of aryl methyl sites for hydroxylation is 1. The number of hydrogen-bond donors (Lipinski definition) is 3. The average Bonchev–Trinajstić information content (AvgIpc) is 3.15. The number of nitrogens with zero attached hydrogens (tertiary/aromatic N) is 3. The van der Waals surface area contributed by atoms with Crippen LogP contribution in [0.4, 0.5) is 0 Å². The Kier molecular flexibility index (Phi) is 8.03. The maximum absolute atomic E-state index is 11.9. The molecule has 0 radical (unpaired) electrons. The number of amides is 1. The number of benzene rings is 1. The molecule has 1 aromatic carbocycles. The summed E-state index contributed by atoms with van der Waals surface area (Å²) < 4.78 is 1.89. The van der Waals surface area contributed by atoms with E-state index in [4.69, 9.17) is 0 Å². The van der Waals surface area contributed by atoms with E-state index in [1.807, 2.05) is 35.1 Å². The summed E-state index contributed by atoms with van der Waals surface area (Å²) >= 11 is 0. The molecule has 134 valence electrons. The molecule has 7 heteroatoms. The Morgan fingerprint density at radius 3 is 2.68 bits per heavy atom. The van der Waals surface area contributed by atoms with Crippen LogP contribution in [-0.2, 0) is 17.8 Å². The quantitative estimate of drug-likeness (QED) is 0.358. The van der Waals surface area contributed by atoms with E-state index in [1.54, 1.807) is 13.2 Å². The average molecular weight is 342 g/mol. The van der Waals surface area contributed by atoms with Crippen molar-refractivity contribution in [2.75, 3.05) is 26.7 Å². The minimum Gasteiger partial charge on any atom is -0.356 e. The van der Waals surface area contributed by atoms with Gasteiger partial charge in [-0.2, -0.15) is 5.10 Å². The van der Waals surface area contributed by atoms with Gasteiger partial charge in [0.2, 0.25) is 5.91 Å². The van der Waals surface area contributed by atoms with Crippen molar-refractivity contribution >= 4 is 11.9 Å². The molecular weight excluding hydrogens is 316 g/mol. The van der Waals surface area contributed by atoms with Crippen LogP contribution in [0.25, 0.3) is 0 Å². The second kappa shape index (κ2) is 10.9. The molecule has 1 heterocycles. The van der Waals surface area contributed by atoms with Crippen LogP contribution >= 0.6 is 0 Å². The number of nitrogens with one attached hydrogen (secondary N) is 3. The monoisotopic (exact) mass is 342 g/mol. The fraction of sp³-hybridized carbons (Fsp3) is 0.389. The van der Waals surface area contributed by atoms with Crippen LogP contribution in [0.3, 0.4) is 0 Å². The number of guanidine groups is 1. The Bertz CT molecular complexity index is 639. The minimum absolute atomic E-state index is 0.0459.